The normalized spacial score (nSPS) is 20.9. The summed E-state index contributed by atoms with van der Waals surface area (Å²) in [4.78, 5) is 12.2. The third-order valence-electron chi connectivity index (χ3n) is 2.36. The van der Waals surface area contributed by atoms with Gasteiger partial charge in [-0.05, 0) is 12.1 Å². The van der Waals surface area contributed by atoms with Gasteiger partial charge in [-0.15, -0.1) is 11.3 Å². The minimum Gasteiger partial charge on any atom is -0.354 e. The van der Waals surface area contributed by atoms with Gasteiger partial charge >= 0.3 is 0 Å². The van der Waals surface area contributed by atoms with Crippen LogP contribution in [0.3, 0.4) is 0 Å². The average molecular weight is 295 g/mol. The number of halogens is 1. The summed E-state index contributed by atoms with van der Waals surface area (Å²) in [6, 6.07) is 3.48. The molecular formula is C9H11ClN2O3S2. The molecule has 94 valence electrons. The molecule has 1 aromatic rings. The van der Waals surface area contributed by atoms with E-state index in [4.69, 9.17) is 11.6 Å². The Morgan fingerprint density at radius 3 is 2.88 bits per heavy atom. The highest BCUT2D eigenvalue weighted by atomic mass is 35.5. The van der Waals surface area contributed by atoms with Gasteiger partial charge in [0.2, 0.25) is 15.9 Å². The smallest absolute Gasteiger partial charge is 0.235 e. The van der Waals surface area contributed by atoms with Crippen molar-refractivity contribution in [2.75, 3.05) is 18.8 Å². The van der Waals surface area contributed by atoms with Gasteiger partial charge in [0.15, 0.2) is 0 Å². The largest absolute Gasteiger partial charge is 0.354 e. The van der Waals surface area contributed by atoms with E-state index in [9.17, 15) is 13.2 Å². The molecule has 5 nitrogen and oxygen atoms in total. The van der Waals surface area contributed by atoms with Crippen molar-refractivity contribution in [3.8, 4) is 0 Å². The van der Waals surface area contributed by atoms with E-state index >= 15 is 0 Å². The number of sulfonamides is 1. The molecule has 1 amide bonds. The van der Waals surface area contributed by atoms with E-state index in [1.54, 1.807) is 12.1 Å². The second-order valence-electron chi connectivity index (χ2n) is 3.64. The van der Waals surface area contributed by atoms with Crippen LogP contribution in [0.1, 0.15) is 4.88 Å². The lowest BCUT2D eigenvalue weighted by Gasteiger charge is -2.17. The van der Waals surface area contributed by atoms with Crippen LogP contribution >= 0.6 is 22.9 Å². The molecule has 1 N–H and O–H groups in total. The summed E-state index contributed by atoms with van der Waals surface area (Å²) in [5.41, 5.74) is 0. The molecule has 2 rings (SSSR count). The van der Waals surface area contributed by atoms with Crippen molar-refractivity contribution in [3.05, 3.63) is 21.3 Å². The van der Waals surface area contributed by atoms with Gasteiger partial charge in [0.25, 0.3) is 0 Å². The molecule has 2 heterocycles. The second-order valence-corrected chi connectivity index (χ2v) is 7.53. The lowest BCUT2D eigenvalue weighted by Crippen LogP contribution is -2.35. The summed E-state index contributed by atoms with van der Waals surface area (Å²) in [6.07, 6.45) is 0. The molecule has 0 aromatic carbocycles. The van der Waals surface area contributed by atoms with Crippen LogP contribution in [0.25, 0.3) is 0 Å². The predicted octanol–water partition coefficient (Wildman–Crippen LogP) is 0.663. The number of thiophene rings is 1. The lowest BCUT2D eigenvalue weighted by atomic mass is 10.4. The molecule has 1 aliphatic heterocycles. The quantitative estimate of drug-likeness (QED) is 0.871. The van der Waals surface area contributed by atoms with Gasteiger partial charge in [0, 0.05) is 18.0 Å². The molecule has 8 heteroatoms. The van der Waals surface area contributed by atoms with Crippen molar-refractivity contribution in [2.45, 2.75) is 6.54 Å². The summed E-state index contributed by atoms with van der Waals surface area (Å²) in [5, 5.41) is 2.54. The fraction of sp³-hybridized carbons (Fsp3) is 0.444. The van der Waals surface area contributed by atoms with Crippen LogP contribution in [-0.4, -0.2) is 37.5 Å². The van der Waals surface area contributed by atoms with Gasteiger partial charge in [0.05, 0.1) is 16.6 Å². The molecule has 0 bridgehead atoms. The number of carbonyl (C=O) groups excluding carboxylic acids is 1. The van der Waals surface area contributed by atoms with E-state index in [1.165, 1.54) is 15.6 Å². The van der Waals surface area contributed by atoms with Gasteiger partial charge < -0.3 is 5.32 Å². The second kappa shape index (κ2) is 4.93. The van der Waals surface area contributed by atoms with E-state index in [1.807, 2.05) is 0 Å². The fourth-order valence-corrected chi connectivity index (χ4v) is 3.98. The zero-order valence-corrected chi connectivity index (χ0v) is 11.2. The van der Waals surface area contributed by atoms with Gasteiger partial charge in [0.1, 0.15) is 0 Å². The van der Waals surface area contributed by atoms with E-state index < -0.39 is 10.0 Å². The van der Waals surface area contributed by atoms with Crippen molar-refractivity contribution in [3.63, 3.8) is 0 Å². The fourth-order valence-electron chi connectivity index (χ4n) is 1.53. The van der Waals surface area contributed by atoms with Gasteiger partial charge in [-0.2, -0.15) is 4.31 Å². The van der Waals surface area contributed by atoms with Crippen molar-refractivity contribution >= 4 is 38.9 Å². The summed E-state index contributed by atoms with van der Waals surface area (Å²) >= 11 is 7.10. The first-order valence-electron chi connectivity index (χ1n) is 4.96. The molecule has 0 aliphatic carbocycles. The monoisotopic (exact) mass is 294 g/mol. The Morgan fingerprint density at radius 1 is 1.47 bits per heavy atom. The molecule has 1 aliphatic rings. The minimum absolute atomic E-state index is 0.0577. The van der Waals surface area contributed by atoms with Crippen LogP contribution in [0, 0.1) is 0 Å². The first-order valence-corrected chi connectivity index (χ1v) is 7.76. The van der Waals surface area contributed by atoms with Crippen molar-refractivity contribution < 1.29 is 13.2 Å². The van der Waals surface area contributed by atoms with Crippen LogP contribution in [0.4, 0.5) is 0 Å². The van der Waals surface area contributed by atoms with Gasteiger partial charge in [-0.25, -0.2) is 8.42 Å². The van der Waals surface area contributed by atoms with Crippen molar-refractivity contribution in [1.82, 2.24) is 9.62 Å². The SMILES string of the molecule is O=C1CN(Cc2ccc(Cl)s2)S(=O)(=O)CCN1. The number of hydrogen-bond donors (Lipinski definition) is 1. The number of nitrogens with one attached hydrogen (secondary N) is 1. The molecule has 0 unspecified atom stereocenters. The molecule has 1 saturated heterocycles. The maximum Gasteiger partial charge on any atom is 0.235 e. The van der Waals surface area contributed by atoms with Crippen molar-refractivity contribution in [1.29, 1.82) is 0 Å². The summed E-state index contributed by atoms with van der Waals surface area (Å²) < 4.78 is 25.5. The Morgan fingerprint density at radius 2 is 2.24 bits per heavy atom. The highest BCUT2D eigenvalue weighted by Gasteiger charge is 2.28. The van der Waals surface area contributed by atoms with E-state index in [-0.39, 0.29) is 31.3 Å². The molecule has 0 atom stereocenters. The summed E-state index contributed by atoms with van der Waals surface area (Å²) in [7, 11) is -3.37. The molecule has 0 radical (unpaired) electrons. The number of nitrogens with zero attached hydrogens (tertiary/aromatic N) is 1. The molecule has 0 spiro atoms. The molecule has 1 aromatic heterocycles. The highest BCUT2D eigenvalue weighted by Crippen LogP contribution is 2.23. The molecular weight excluding hydrogens is 284 g/mol. The Kier molecular flexibility index (Phi) is 3.72. The van der Waals surface area contributed by atoms with E-state index in [0.29, 0.717) is 4.34 Å². The Labute approximate surface area is 108 Å². The van der Waals surface area contributed by atoms with Crippen LogP contribution in [-0.2, 0) is 21.4 Å². The number of rotatable bonds is 2. The molecule has 1 fully saturated rings. The maximum absolute atomic E-state index is 11.9. The highest BCUT2D eigenvalue weighted by molar-refractivity contribution is 7.89. The topological polar surface area (TPSA) is 66.5 Å². The average Bonchev–Trinajstić information content (AvgIpc) is 2.57. The number of amides is 1. The van der Waals surface area contributed by atoms with Gasteiger partial charge in [-0.1, -0.05) is 11.6 Å². The Hall–Kier alpha value is -0.630. The van der Waals surface area contributed by atoms with Gasteiger partial charge in [-0.3, -0.25) is 4.79 Å². The number of carbonyl (C=O) groups is 1. The van der Waals surface area contributed by atoms with Crippen LogP contribution in [0.15, 0.2) is 12.1 Å². The number of hydrogen-bond acceptors (Lipinski definition) is 4. The standard InChI is InChI=1S/C9H11ClN2O3S2/c10-8-2-1-7(16-8)5-12-6-9(13)11-3-4-17(12,14)15/h1-2H,3-6H2,(H,11,13). The summed E-state index contributed by atoms with van der Waals surface area (Å²) in [5.74, 6) is -0.327. The summed E-state index contributed by atoms with van der Waals surface area (Å²) in [6.45, 7) is 0.244. The van der Waals surface area contributed by atoms with Crippen LogP contribution < -0.4 is 5.32 Å². The van der Waals surface area contributed by atoms with Crippen LogP contribution in [0.5, 0.6) is 0 Å². The molecule has 17 heavy (non-hydrogen) atoms. The third-order valence-corrected chi connectivity index (χ3v) is 5.34. The van der Waals surface area contributed by atoms with Crippen LogP contribution in [0.2, 0.25) is 4.34 Å². The third kappa shape index (κ3) is 3.19. The van der Waals surface area contributed by atoms with E-state index in [0.717, 1.165) is 4.88 Å². The zero-order chi connectivity index (χ0) is 12.5. The maximum atomic E-state index is 11.9. The first kappa shape index (κ1) is 12.8. The zero-order valence-electron chi connectivity index (χ0n) is 8.85. The minimum atomic E-state index is -3.37. The van der Waals surface area contributed by atoms with Crippen molar-refractivity contribution in [2.24, 2.45) is 0 Å². The van der Waals surface area contributed by atoms with E-state index in [2.05, 4.69) is 5.32 Å². The molecule has 0 saturated carbocycles. The first-order chi connectivity index (χ1) is 7.97. The Bertz CT molecular complexity index is 526. The predicted molar refractivity (Wildman–Crippen MR) is 66.5 cm³/mol. The Balaban J connectivity index is 2.19. The lowest BCUT2D eigenvalue weighted by molar-refractivity contribution is -0.121.